The highest BCUT2D eigenvalue weighted by atomic mass is 35.5. The summed E-state index contributed by atoms with van der Waals surface area (Å²) in [6.07, 6.45) is 1.51. The smallest absolute Gasteiger partial charge is 0.308 e. The van der Waals surface area contributed by atoms with Crippen molar-refractivity contribution in [3.8, 4) is 0 Å². The van der Waals surface area contributed by atoms with Crippen LogP contribution < -0.4 is 16.1 Å². The van der Waals surface area contributed by atoms with Gasteiger partial charge in [0.1, 0.15) is 5.01 Å². The van der Waals surface area contributed by atoms with Gasteiger partial charge < -0.3 is 5.32 Å². The van der Waals surface area contributed by atoms with Gasteiger partial charge in [-0.15, -0.1) is 10.2 Å². The Kier molecular flexibility index (Phi) is 6.66. The minimum atomic E-state index is -0.439. The van der Waals surface area contributed by atoms with Crippen LogP contribution in [0.1, 0.15) is 10.6 Å². The van der Waals surface area contributed by atoms with Crippen LogP contribution in [0.15, 0.2) is 59.7 Å². The number of hydrogen-bond acceptors (Lipinski definition) is 6. The number of nitrogens with zero attached hydrogens (tertiary/aromatic N) is 3. The normalized spacial score (nSPS) is 10.6. The molecule has 1 aromatic heterocycles. The van der Waals surface area contributed by atoms with Gasteiger partial charge in [0.25, 0.3) is 0 Å². The number of hydrogen-bond donors (Lipinski definition) is 3. The summed E-state index contributed by atoms with van der Waals surface area (Å²) in [6.45, 7) is 0. The number of amides is 3. The molecule has 2 aromatic carbocycles. The SMILES string of the molecule is O=C(Cc1nnc(NC(=O)Nc2ccccc2)s1)NN=Cc1ccc(Cl)cc1. The highest BCUT2D eigenvalue weighted by Gasteiger charge is 2.11. The lowest BCUT2D eigenvalue weighted by Crippen LogP contribution is -2.19. The molecule has 28 heavy (non-hydrogen) atoms. The standard InChI is InChI=1S/C18H15ClN6O2S/c19-13-8-6-12(7-9-13)11-20-23-15(26)10-16-24-25-18(28-16)22-17(27)21-14-4-2-1-3-5-14/h1-9,11H,10H2,(H,23,26)(H2,21,22,25,27). The molecule has 10 heteroatoms. The quantitative estimate of drug-likeness (QED) is 0.423. The maximum Gasteiger partial charge on any atom is 0.325 e. The van der Waals surface area contributed by atoms with E-state index in [2.05, 4.69) is 31.4 Å². The molecule has 8 nitrogen and oxygen atoms in total. The first-order chi connectivity index (χ1) is 13.6. The lowest BCUT2D eigenvalue weighted by atomic mass is 10.2. The largest absolute Gasteiger partial charge is 0.325 e. The van der Waals surface area contributed by atoms with Crippen LogP contribution in [-0.4, -0.2) is 28.4 Å². The summed E-state index contributed by atoms with van der Waals surface area (Å²) < 4.78 is 0. The minimum Gasteiger partial charge on any atom is -0.308 e. The van der Waals surface area contributed by atoms with Crippen LogP contribution in [0.3, 0.4) is 0 Å². The van der Waals surface area contributed by atoms with E-state index in [1.54, 1.807) is 36.4 Å². The van der Waals surface area contributed by atoms with Crippen molar-refractivity contribution in [2.45, 2.75) is 6.42 Å². The highest BCUT2D eigenvalue weighted by Crippen LogP contribution is 2.16. The lowest BCUT2D eigenvalue weighted by molar-refractivity contribution is -0.120. The molecule has 0 unspecified atom stereocenters. The Morgan fingerprint density at radius 2 is 1.79 bits per heavy atom. The van der Waals surface area contributed by atoms with Crippen molar-refractivity contribution >= 4 is 51.9 Å². The summed E-state index contributed by atoms with van der Waals surface area (Å²) in [7, 11) is 0. The number of para-hydroxylation sites is 1. The van der Waals surface area contributed by atoms with E-state index in [9.17, 15) is 9.59 Å². The summed E-state index contributed by atoms with van der Waals surface area (Å²) in [5.41, 5.74) is 3.87. The van der Waals surface area contributed by atoms with Crippen molar-refractivity contribution in [1.82, 2.24) is 15.6 Å². The Labute approximate surface area is 169 Å². The first-order valence-electron chi connectivity index (χ1n) is 8.11. The second-order valence-electron chi connectivity index (χ2n) is 5.47. The zero-order valence-corrected chi connectivity index (χ0v) is 16.0. The van der Waals surface area contributed by atoms with Crippen molar-refractivity contribution in [3.05, 3.63) is 70.2 Å². The highest BCUT2D eigenvalue weighted by molar-refractivity contribution is 7.15. The Morgan fingerprint density at radius 3 is 2.54 bits per heavy atom. The second-order valence-corrected chi connectivity index (χ2v) is 6.97. The summed E-state index contributed by atoms with van der Waals surface area (Å²) in [6, 6.07) is 15.6. The maximum absolute atomic E-state index is 11.9. The van der Waals surface area contributed by atoms with Crippen LogP contribution in [-0.2, 0) is 11.2 Å². The minimum absolute atomic E-state index is 0.00237. The van der Waals surface area contributed by atoms with Crippen LogP contribution in [0.25, 0.3) is 0 Å². The van der Waals surface area contributed by atoms with Gasteiger partial charge in [-0.2, -0.15) is 5.10 Å². The first-order valence-corrected chi connectivity index (χ1v) is 9.31. The number of hydrazone groups is 1. The fourth-order valence-electron chi connectivity index (χ4n) is 2.06. The summed E-state index contributed by atoms with van der Waals surface area (Å²) in [4.78, 5) is 23.8. The Balaban J connectivity index is 1.46. The number of nitrogens with one attached hydrogen (secondary N) is 3. The van der Waals surface area contributed by atoms with Crippen molar-refractivity contribution in [2.24, 2.45) is 5.10 Å². The van der Waals surface area contributed by atoms with E-state index in [0.717, 1.165) is 16.9 Å². The van der Waals surface area contributed by atoms with E-state index in [1.165, 1.54) is 6.21 Å². The van der Waals surface area contributed by atoms with E-state index in [4.69, 9.17) is 11.6 Å². The molecule has 0 bridgehead atoms. The van der Waals surface area contributed by atoms with Gasteiger partial charge in [0, 0.05) is 10.7 Å². The molecule has 3 rings (SSSR count). The van der Waals surface area contributed by atoms with E-state index in [0.29, 0.717) is 20.8 Å². The molecule has 142 valence electrons. The third-order valence-electron chi connectivity index (χ3n) is 3.30. The molecule has 3 aromatic rings. The van der Waals surface area contributed by atoms with Crippen LogP contribution >= 0.6 is 22.9 Å². The van der Waals surface area contributed by atoms with Gasteiger partial charge in [-0.1, -0.05) is 53.3 Å². The molecule has 3 N–H and O–H groups in total. The molecule has 0 saturated heterocycles. The number of anilines is 2. The summed E-state index contributed by atoms with van der Waals surface area (Å²) in [5, 5.41) is 18.2. The number of halogens is 1. The molecular weight excluding hydrogens is 400 g/mol. The number of rotatable bonds is 6. The number of urea groups is 1. The predicted octanol–water partition coefficient (Wildman–Crippen LogP) is 3.53. The predicted molar refractivity (Wildman–Crippen MR) is 110 cm³/mol. The van der Waals surface area contributed by atoms with E-state index in [-0.39, 0.29) is 12.3 Å². The van der Waals surface area contributed by atoms with Gasteiger partial charge >= 0.3 is 6.03 Å². The molecule has 1 heterocycles. The zero-order valence-electron chi connectivity index (χ0n) is 14.4. The number of carbonyl (C=O) groups is 2. The molecule has 0 saturated carbocycles. The van der Waals surface area contributed by atoms with E-state index in [1.807, 2.05) is 18.2 Å². The third kappa shape index (κ3) is 6.15. The average Bonchev–Trinajstić information content (AvgIpc) is 3.10. The van der Waals surface area contributed by atoms with Crippen LogP contribution in [0.4, 0.5) is 15.6 Å². The van der Waals surface area contributed by atoms with Gasteiger partial charge in [-0.25, -0.2) is 10.2 Å². The molecule has 0 aliphatic carbocycles. The first kappa shape index (κ1) is 19.5. The van der Waals surface area contributed by atoms with Gasteiger partial charge in [0.05, 0.1) is 12.6 Å². The second kappa shape index (κ2) is 9.58. The Hall–Kier alpha value is -3.30. The monoisotopic (exact) mass is 414 g/mol. The lowest BCUT2D eigenvalue weighted by Gasteiger charge is -2.03. The van der Waals surface area contributed by atoms with Crippen molar-refractivity contribution in [2.75, 3.05) is 10.6 Å². The summed E-state index contributed by atoms with van der Waals surface area (Å²) >= 11 is 6.91. The Morgan fingerprint density at radius 1 is 1.04 bits per heavy atom. The fraction of sp³-hybridized carbons (Fsp3) is 0.0556. The zero-order chi connectivity index (χ0) is 19.8. The number of carbonyl (C=O) groups excluding carboxylic acids is 2. The number of benzene rings is 2. The van der Waals surface area contributed by atoms with Crippen LogP contribution in [0, 0.1) is 0 Å². The van der Waals surface area contributed by atoms with Crippen LogP contribution in [0.5, 0.6) is 0 Å². The van der Waals surface area contributed by atoms with Crippen molar-refractivity contribution in [1.29, 1.82) is 0 Å². The topological polar surface area (TPSA) is 108 Å². The van der Waals surface area contributed by atoms with E-state index < -0.39 is 6.03 Å². The third-order valence-corrected chi connectivity index (χ3v) is 4.39. The molecule has 0 aliphatic heterocycles. The molecular formula is C18H15ClN6O2S. The van der Waals surface area contributed by atoms with Crippen molar-refractivity contribution in [3.63, 3.8) is 0 Å². The number of aromatic nitrogens is 2. The average molecular weight is 415 g/mol. The van der Waals surface area contributed by atoms with Gasteiger partial charge in [-0.3, -0.25) is 10.1 Å². The van der Waals surface area contributed by atoms with Crippen molar-refractivity contribution < 1.29 is 9.59 Å². The van der Waals surface area contributed by atoms with Gasteiger partial charge in [0.2, 0.25) is 11.0 Å². The van der Waals surface area contributed by atoms with Gasteiger partial charge in [-0.05, 0) is 29.8 Å². The Bertz CT molecular complexity index is 975. The molecule has 0 aliphatic rings. The van der Waals surface area contributed by atoms with E-state index >= 15 is 0 Å². The maximum atomic E-state index is 11.9. The molecule has 0 radical (unpaired) electrons. The van der Waals surface area contributed by atoms with Gasteiger partial charge in [0.15, 0.2) is 0 Å². The molecule has 3 amide bonds. The summed E-state index contributed by atoms with van der Waals surface area (Å²) in [5.74, 6) is -0.346. The molecule has 0 atom stereocenters. The van der Waals surface area contributed by atoms with Crippen LogP contribution in [0.2, 0.25) is 5.02 Å². The fourth-order valence-corrected chi connectivity index (χ4v) is 2.92. The molecule has 0 spiro atoms. The molecule has 0 fully saturated rings.